The van der Waals surface area contributed by atoms with Crippen molar-refractivity contribution in [2.24, 2.45) is 0 Å². The van der Waals surface area contributed by atoms with Crippen molar-refractivity contribution < 1.29 is 8.22 Å². The Hall–Kier alpha value is -1.84. The lowest BCUT2D eigenvalue weighted by atomic mass is 10.1. The summed E-state index contributed by atoms with van der Waals surface area (Å²) < 4.78 is 46.3. The number of hydrogen-bond acceptors (Lipinski definition) is 2. The van der Waals surface area contributed by atoms with Gasteiger partial charge in [-0.2, -0.15) is 0 Å². The quantitative estimate of drug-likeness (QED) is 0.449. The van der Waals surface area contributed by atoms with Crippen molar-refractivity contribution in [3.63, 3.8) is 0 Å². The molecule has 4 N–H and O–H groups in total. The van der Waals surface area contributed by atoms with Crippen LogP contribution in [0.2, 0.25) is 0 Å². The normalized spacial score (nSPS) is 16.1. The van der Waals surface area contributed by atoms with Crippen LogP contribution < -0.4 is 10.6 Å². The Labute approximate surface area is 98.2 Å². The van der Waals surface area contributed by atoms with E-state index in [2.05, 4.69) is 10.6 Å². The number of rotatable bonds is 3. The van der Waals surface area contributed by atoms with Crippen molar-refractivity contribution >= 4 is 11.8 Å². The van der Waals surface area contributed by atoms with Crippen LogP contribution in [0.4, 0.5) is 0 Å². The first-order chi connectivity index (χ1) is 9.56. The second-order valence-electron chi connectivity index (χ2n) is 2.71. The van der Waals surface area contributed by atoms with Crippen LogP contribution in [0.1, 0.15) is 20.7 Å². The minimum Gasteiger partial charge on any atom is -0.356 e. The van der Waals surface area contributed by atoms with Gasteiger partial charge in [-0.05, 0) is 18.9 Å². The lowest BCUT2D eigenvalue weighted by molar-refractivity contribution is 0.842. The molecule has 0 spiro atoms. The molecule has 0 bridgehead atoms. The van der Waals surface area contributed by atoms with Crippen molar-refractivity contribution in [3.8, 4) is 0 Å². The van der Waals surface area contributed by atoms with Crippen LogP contribution in [-0.4, -0.2) is 18.3 Å². The Morgan fingerprint density at radius 3 is 3.00 bits per heavy atom. The lowest BCUT2D eigenvalue weighted by Gasteiger charge is -2.08. The standard InChI is InChI=1S/C11H16N4/c1-9(12)15-11(13)14-8-7-10-5-3-2-4-6-10/h2-6H,7-8H2,1H3,(H4,12,13,14,15)/i2D,3D,5D,6D,7D2. The van der Waals surface area contributed by atoms with Gasteiger partial charge in [-0.1, -0.05) is 30.2 Å². The topological polar surface area (TPSA) is 71.8 Å². The van der Waals surface area contributed by atoms with Crippen LogP contribution in [0.25, 0.3) is 0 Å². The Morgan fingerprint density at radius 1 is 1.47 bits per heavy atom. The average molecular weight is 210 g/mol. The highest BCUT2D eigenvalue weighted by molar-refractivity contribution is 5.95. The van der Waals surface area contributed by atoms with E-state index in [0.717, 1.165) is 6.07 Å². The molecule has 0 heterocycles. The molecule has 0 fully saturated rings. The molecule has 0 aliphatic carbocycles. The second-order valence-corrected chi connectivity index (χ2v) is 2.71. The van der Waals surface area contributed by atoms with Crippen molar-refractivity contribution in [3.05, 3.63) is 35.8 Å². The van der Waals surface area contributed by atoms with Gasteiger partial charge in [-0.15, -0.1) is 0 Å². The zero-order valence-electron chi connectivity index (χ0n) is 14.3. The van der Waals surface area contributed by atoms with Crippen molar-refractivity contribution in [2.45, 2.75) is 13.3 Å². The van der Waals surface area contributed by atoms with Crippen molar-refractivity contribution in [1.29, 1.82) is 10.8 Å². The second kappa shape index (κ2) is 5.80. The van der Waals surface area contributed by atoms with E-state index in [0.29, 0.717) is 0 Å². The van der Waals surface area contributed by atoms with Crippen LogP contribution in [0, 0.1) is 10.8 Å². The van der Waals surface area contributed by atoms with Gasteiger partial charge in [-0.3, -0.25) is 10.8 Å². The average Bonchev–Trinajstić information content (AvgIpc) is 2.32. The van der Waals surface area contributed by atoms with Gasteiger partial charge in [0.05, 0.1) is 11.3 Å². The van der Waals surface area contributed by atoms with Gasteiger partial charge in [0, 0.05) is 9.29 Å². The smallest absolute Gasteiger partial charge is 0.193 e. The van der Waals surface area contributed by atoms with E-state index in [1.165, 1.54) is 6.92 Å². The zero-order valence-corrected chi connectivity index (χ0v) is 8.28. The summed E-state index contributed by atoms with van der Waals surface area (Å²) in [4.78, 5) is 0. The highest BCUT2D eigenvalue weighted by Crippen LogP contribution is 1.97. The van der Waals surface area contributed by atoms with Crippen LogP contribution in [-0.2, 0) is 6.37 Å². The molecule has 0 amide bonds. The van der Waals surface area contributed by atoms with Crippen molar-refractivity contribution in [2.75, 3.05) is 6.54 Å². The SMILES string of the molecule is [2H]c1cc([2H])c(C([2H])([2H])CNC(=N)NC(C)=N)c([2H])c1[2H]. The largest absolute Gasteiger partial charge is 0.356 e. The fraction of sp³-hybridized carbons (Fsp3) is 0.273. The zero-order chi connectivity index (χ0) is 16.4. The van der Waals surface area contributed by atoms with Crippen LogP contribution >= 0.6 is 0 Å². The van der Waals surface area contributed by atoms with Crippen LogP contribution in [0.5, 0.6) is 0 Å². The summed E-state index contributed by atoms with van der Waals surface area (Å²) in [5, 5.41) is 19.4. The summed E-state index contributed by atoms with van der Waals surface area (Å²) in [5.41, 5.74) is -0.296. The summed E-state index contributed by atoms with van der Waals surface area (Å²) in [6, 6.07) is -0.531. The highest BCUT2D eigenvalue weighted by atomic mass is 15.1. The maximum absolute atomic E-state index is 7.93. The summed E-state index contributed by atoms with van der Waals surface area (Å²) >= 11 is 0. The predicted molar refractivity (Wildman–Crippen MR) is 62.4 cm³/mol. The molecule has 1 aromatic rings. The van der Waals surface area contributed by atoms with Gasteiger partial charge in [0.15, 0.2) is 5.96 Å². The summed E-state index contributed by atoms with van der Waals surface area (Å²) in [6.45, 7) is 1.02. The third-order valence-corrected chi connectivity index (χ3v) is 1.39. The minimum absolute atomic E-state index is 0.0161. The molecule has 0 saturated heterocycles. The Kier molecular flexibility index (Phi) is 2.05. The molecule has 0 aliphatic heterocycles. The summed E-state index contributed by atoms with van der Waals surface area (Å²) in [7, 11) is 0. The number of amidine groups is 1. The fourth-order valence-corrected chi connectivity index (χ4v) is 0.827. The first kappa shape index (κ1) is 5.30. The Bertz CT molecular complexity index is 587. The van der Waals surface area contributed by atoms with Gasteiger partial charge < -0.3 is 10.6 Å². The number of hydrogen-bond donors (Lipinski definition) is 4. The van der Waals surface area contributed by atoms with Crippen molar-refractivity contribution in [1.82, 2.24) is 10.6 Å². The van der Waals surface area contributed by atoms with Gasteiger partial charge in [0.25, 0.3) is 0 Å². The summed E-state index contributed by atoms with van der Waals surface area (Å²) in [6.07, 6.45) is -2.17. The highest BCUT2D eigenvalue weighted by Gasteiger charge is 1.95. The molecule has 0 unspecified atom stereocenters. The van der Waals surface area contributed by atoms with E-state index in [1.54, 1.807) is 0 Å². The molecular weight excluding hydrogens is 188 g/mol. The van der Waals surface area contributed by atoms with E-state index < -0.39 is 25.0 Å². The molecule has 4 heteroatoms. The molecule has 0 aliphatic rings. The van der Waals surface area contributed by atoms with Crippen LogP contribution in [0.15, 0.2) is 30.2 Å². The van der Waals surface area contributed by atoms with Crippen LogP contribution in [0.3, 0.4) is 0 Å². The predicted octanol–water partition coefficient (Wildman–Crippen LogP) is 1.34. The van der Waals surface area contributed by atoms with Gasteiger partial charge in [-0.25, -0.2) is 0 Å². The third kappa shape index (κ3) is 4.81. The van der Waals surface area contributed by atoms with E-state index in [1.807, 2.05) is 0 Å². The van der Waals surface area contributed by atoms with E-state index >= 15 is 0 Å². The third-order valence-electron chi connectivity index (χ3n) is 1.39. The van der Waals surface area contributed by atoms with E-state index in [-0.39, 0.29) is 29.4 Å². The Balaban J connectivity index is 3.01. The molecule has 80 valence electrons. The number of nitrogens with one attached hydrogen (secondary N) is 4. The summed E-state index contributed by atoms with van der Waals surface area (Å²) in [5.74, 6) is -0.255. The molecule has 4 nitrogen and oxygen atoms in total. The lowest BCUT2D eigenvalue weighted by Crippen LogP contribution is -2.39. The van der Waals surface area contributed by atoms with E-state index in [4.69, 9.17) is 19.0 Å². The molecule has 1 rings (SSSR count). The maximum atomic E-state index is 7.93. The molecule has 0 atom stereocenters. The monoisotopic (exact) mass is 210 g/mol. The molecule has 0 radical (unpaired) electrons. The first-order valence-corrected chi connectivity index (χ1v) is 4.28. The fourth-order valence-electron chi connectivity index (χ4n) is 0.827. The first-order valence-electron chi connectivity index (χ1n) is 7.28. The number of benzene rings is 1. The molecule has 0 saturated carbocycles. The minimum atomic E-state index is -2.17. The Morgan fingerprint density at radius 2 is 2.27 bits per heavy atom. The van der Waals surface area contributed by atoms with Gasteiger partial charge in [0.1, 0.15) is 0 Å². The van der Waals surface area contributed by atoms with E-state index in [9.17, 15) is 0 Å². The van der Waals surface area contributed by atoms with Gasteiger partial charge >= 0.3 is 0 Å². The molecular formula is C11H16N4. The molecule has 0 aromatic heterocycles. The van der Waals surface area contributed by atoms with Gasteiger partial charge in [0.2, 0.25) is 0 Å². The molecule has 15 heavy (non-hydrogen) atoms. The molecule has 1 aromatic carbocycles. The maximum Gasteiger partial charge on any atom is 0.193 e. The number of guanidine groups is 1.